The van der Waals surface area contributed by atoms with Crippen molar-refractivity contribution >= 4 is 32.6 Å². The number of phosphoric acid groups is 2. The summed E-state index contributed by atoms with van der Waals surface area (Å²) in [5.41, 5.74) is 3.64. The van der Waals surface area contributed by atoms with Crippen LogP contribution in [0, 0.1) is 30.3 Å². The van der Waals surface area contributed by atoms with Gasteiger partial charge in [0.25, 0.3) is 13.5 Å². The normalized spacial score (nSPS) is 31.6. The van der Waals surface area contributed by atoms with Crippen LogP contribution >= 0.6 is 15.6 Å². The Hall–Kier alpha value is -3.83. The number of hydrogen-bond donors (Lipinski definition) is 3. The second-order valence-corrected chi connectivity index (χ2v) is 11.4. The highest BCUT2D eigenvalue weighted by atomic mass is 31.3. The van der Waals surface area contributed by atoms with Gasteiger partial charge in [-0.1, -0.05) is 0 Å². The van der Waals surface area contributed by atoms with E-state index in [4.69, 9.17) is 24.8 Å². The number of anilines is 1. The third-order valence-electron chi connectivity index (χ3n) is 6.17. The van der Waals surface area contributed by atoms with E-state index < -0.39 is 84.8 Å². The average Bonchev–Trinajstić information content (AvgIpc) is 3.54. The minimum absolute atomic E-state index is 0.0103. The number of nitrogens with two attached hydrogens (primary N) is 1. The van der Waals surface area contributed by atoms with E-state index in [1.165, 1.54) is 4.57 Å². The number of nitro groups is 3. The number of nitrogen functional groups attached to an aromatic ring is 1. The summed E-state index contributed by atoms with van der Waals surface area (Å²) in [5.74, 6) is -2.98. The molecule has 8 atom stereocenters. The molecule has 3 aliphatic rings. The molecule has 0 amide bonds. The van der Waals surface area contributed by atoms with Crippen molar-refractivity contribution in [3.8, 4) is 0 Å². The Labute approximate surface area is 229 Å². The smallest absolute Gasteiger partial charge is 0.478 e. The zero-order chi connectivity index (χ0) is 30.8. The van der Waals surface area contributed by atoms with Crippen LogP contribution in [-0.4, -0.2) is 80.8 Å². The fourth-order valence-corrected chi connectivity index (χ4v) is 6.18. The van der Waals surface area contributed by atoms with Gasteiger partial charge in [0, 0.05) is 4.92 Å². The fourth-order valence-electron chi connectivity index (χ4n) is 4.61. The predicted molar refractivity (Wildman–Crippen MR) is 124 cm³/mol. The SMILES string of the molecule is Nc1ncnc2c1ncn2[C@@H]1O[C@H](COP(=O)(O)OP(=O)([O-])O)C2OC3(OC21)C([N+](=O)[O-])=CC([N+](=O)[O-])=CC3[N+](=O)[O-]. The molecule has 0 radical (unpaired) electrons. The molecule has 2 fully saturated rings. The maximum atomic E-state index is 12.0. The maximum absolute atomic E-state index is 12.0. The fraction of sp³-hybridized carbons (Fsp3) is 0.438. The Bertz CT molecular complexity index is 1660. The topological polar surface area (TPSA) is 343 Å². The minimum Gasteiger partial charge on any atom is -0.756 e. The zero-order valence-corrected chi connectivity index (χ0v) is 21.9. The van der Waals surface area contributed by atoms with Gasteiger partial charge < -0.3 is 34.6 Å². The standard InChI is InChI=1S/C16H16N8O16P2/c17-13-10-14(19-4-18-13)21(5-20-10)15-12-11(7(37-15)3-36-42(34,35)40-41(31,32)33)38-16(39-12)8(23(27)28)1-6(22(25)26)2-9(16)24(29)30/h1-2,4-5,7-8,11-12,15H,3H2,(H,34,35)(H2,17,18,19)(H2,31,32,33)/p-1/t7-,8?,11?,12?,15-,16?/m1/s1. The number of allylic oxidation sites excluding steroid dienone is 1. The van der Waals surface area contributed by atoms with Gasteiger partial charge in [0.1, 0.15) is 30.2 Å². The molecule has 2 saturated heterocycles. The van der Waals surface area contributed by atoms with E-state index in [9.17, 15) is 49.3 Å². The number of phosphoric ester groups is 1. The second kappa shape index (κ2) is 10.2. The molecule has 4 N–H and O–H groups in total. The molecule has 24 nitrogen and oxygen atoms in total. The van der Waals surface area contributed by atoms with Gasteiger partial charge >= 0.3 is 25.3 Å². The molecule has 4 heterocycles. The lowest BCUT2D eigenvalue weighted by atomic mass is 9.96. The van der Waals surface area contributed by atoms with E-state index in [2.05, 4.69) is 23.8 Å². The molecule has 2 aromatic heterocycles. The molecule has 26 heteroatoms. The van der Waals surface area contributed by atoms with Crippen molar-refractivity contribution in [2.24, 2.45) is 0 Å². The van der Waals surface area contributed by atoms with Crippen molar-refractivity contribution in [1.29, 1.82) is 0 Å². The number of nitrogens with zero attached hydrogens (tertiary/aromatic N) is 7. The largest absolute Gasteiger partial charge is 0.756 e. The van der Waals surface area contributed by atoms with E-state index in [1.807, 2.05) is 0 Å². The molecule has 0 bridgehead atoms. The molecule has 5 rings (SSSR count). The van der Waals surface area contributed by atoms with Gasteiger partial charge in [-0.2, -0.15) is 0 Å². The van der Waals surface area contributed by atoms with E-state index in [0.717, 1.165) is 12.7 Å². The Kier molecular flexibility index (Phi) is 7.18. The Morgan fingerprint density at radius 2 is 1.79 bits per heavy atom. The van der Waals surface area contributed by atoms with Gasteiger partial charge in [0.15, 0.2) is 17.7 Å². The highest BCUT2D eigenvalue weighted by Gasteiger charge is 2.72. The van der Waals surface area contributed by atoms with Crippen LogP contribution in [0.2, 0.25) is 0 Å². The lowest BCUT2D eigenvalue weighted by Crippen LogP contribution is -2.53. The second-order valence-electron chi connectivity index (χ2n) is 8.66. The van der Waals surface area contributed by atoms with Crippen LogP contribution in [0.15, 0.2) is 36.2 Å². The van der Waals surface area contributed by atoms with Crippen LogP contribution in [0.25, 0.3) is 11.2 Å². The summed E-state index contributed by atoms with van der Waals surface area (Å²) in [6, 6.07) is -2.36. The predicted octanol–water partition coefficient (Wildman–Crippen LogP) is -1.64. The van der Waals surface area contributed by atoms with Crippen LogP contribution in [0.5, 0.6) is 0 Å². The Balaban J connectivity index is 1.58. The molecule has 0 aromatic carbocycles. The number of ether oxygens (including phenoxy) is 3. The highest BCUT2D eigenvalue weighted by Crippen LogP contribution is 2.56. The van der Waals surface area contributed by atoms with Crippen molar-refractivity contribution < 1.29 is 61.6 Å². The summed E-state index contributed by atoms with van der Waals surface area (Å²) in [4.78, 5) is 73.2. The summed E-state index contributed by atoms with van der Waals surface area (Å²) in [6.45, 7) is -1.08. The lowest BCUT2D eigenvalue weighted by molar-refractivity contribution is -0.569. The molecule has 0 saturated carbocycles. The first-order chi connectivity index (χ1) is 19.5. The molecule has 2 aromatic rings. The monoisotopic (exact) mass is 637 g/mol. The van der Waals surface area contributed by atoms with E-state index >= 15 is 0 Å². The summed E-state index contributed by atoms with van der Waals surface area (Å²) in [6.07, 6.45) is -3.24. The lowest BCUT2D eigenvalue weighted by Gasteiger charge is -2.30. The molecular formula is C16H15N8O16P2-. The first-order valence-corrected chi connectivity index (χ1v) is 14.0. The highest BCUT2D eigenvalue weighted by molar-refractivity contribution is 7.60. The number of fused-ring (bicyclic) bond motifs is 2. The van der Waals surface area contributed by atoms with Gasteiger partial charge in [-0.3, -0.25) is 44.0 Å². The van der Waals surface area contributed by atoms with Crippen LogP contribution in [0.1, 0.15) is 6.23 Å². The van der Waals surface area contributed by atoms with Crippen LogP contribution < -0.4 is 10.6 Å². The van der Waals surface area contributed by atoms with Crippen molar-refractivity contribution in [2.75, 3.05) is 12.3 Å². The molecule has 42 heavy (non-hydrogen) atoms. The van der Waals surface area contributed by atoms with Gasteiger partial charge in [-0.15, -0.1) is 0 Å². The van der Waals surface area contributed by atoms with Crippen LogP contribution in [-0.2, 0) is 32.2 Å². The quantitative estimate of drug-likeness (QED) is 0.158. The van der Waals surface area contributed by atoms with Gasteiger partial charge in [0.05, 0.1) is 34.9 Å². The van der Waals surface area contributed by atoms with Crippen LogP contribution in [0.3, 0.4) is 0 Å². The molecule has 226 valence electrons. The van der Waals surface area contributed by atoms with Crippen molar-refractivity contribution in [3.05, 3.63) is 66.5 Å². The summed E-state index contributed by atoms with van der Waals surface area (Å²) < 4.78 is 49.6. The molecule has 6 unspecified atom stereocenters. The first kappa shape index (κ1) is 29.7. The molecule has 2 aliphatic heterocycles. The van der Waals surface area contributed by atoms with Crippen molar-refractivity contribution in [3.63, 3.8) is 0 Å². The molecule has 1 aliphatic carbocycles. The molecule has 1 spiro atoms. The van der Waals surface area contributed by atoms with Gasteiger partial charge in [-0.05, 0) is 0 Å². The van der Waals surface area contributed by atoms with Crippen LogP contribution in [0.4, 0.5) is 5.82 Å². The minimum atomic E-state index is -5.78. The zero-order valence-electron chi connectivity index (χ0n) is 20.1. The van der Waals surface area contributed by atoms with E-state index in [-0.39, 0.29) is 17.0 Å². The van der Waals surface area contributed by atoms with Crippen molar-refractivity contribution in [1.82, 2.24) is 19.5 Å². The number of hydrogen-bond acceptors (Lipinski definition) is 18. The Morgan fingerprint density at radius 3 is 2.40 bits per heavy atom. The molecular weight excluding hydrogens is 622 g/mol. The average molecular weight is 637 g/mol. The maximum Gasteiger partial charge on any atom is 0.478 e. The number of rotatable bonds is 9. The summed E-state index contributed by atoms with van der Waals surface area (Å²) in [5, 5.41) is 35.4. The summed E-state index contributed by atoms with van der Waals surface area (Å²) in [7, 11) is -11.3. The number of aromatic nitrogens is 4. The first-order valence-electron chi connectivity index (χ1n) is 11.1. The van der Waals surface area contributed by atoms with E-state index in [0.29, 0.717) is 12.2 Å². The van der Waals surface area contributed by atoms with E-state index in [1.54, 1.807) is 0 Å². The third-order valence-corrected chi connectivity index (χ3v) is 8.30. The third kappa shape index (κ3) is 5.15. The summed E-state index contributed by atoms with van der Waals surface area (Å²) >= 11 is 0. The Morgan fingerprint density at radius 1 is 1.10 bits per heavy atom. The van der Waals surface area contributed by atoms with Gasteiger partial charge in [0.2, 0.25) is 0 Å². The van der Waals surface area contributed by atoms with Crippen molar-refractivity contribution in [2.45, 2.75) is 36.4 Å². The van der Waals surface area contributed by atoms with Gasteiger partial charge in [-0.25, -0.2) is 23.8 Å². The number of imidazole rings is 1.